The summed E-state index contributed by atoms with van der Waals surface area (Å²) in [6, 6.07) is 3.64. The van der Waals surface area contributed by atoms with Crippen LogP contribution in [0.1, 0.15) is 46.6 Å². The highest BCUT2D eigenvalue weighted by atomic mass is 16.3. The van der Waals surface area contributed by atoms with Crippen LogP contribution in [0.5, 0.6) is 0 Å². The van der Waals surface area contributed by atoms with Crippen LogP contribution >= 0.6 is 0 Å². The molecule has 0 aromatic carbocycles. The van der Waals surface area contributed by atoms with Crippen molar-refractivity contribution in [2.75, 3.05) is 13.1 Å². The van der Waals surface area contributed by atoms with Crippen LogP contribution in [-0.4, -0.2) is 34.8 Å². The van der Waals surface area contributed by atoms with Gasteiger partial charge in [-0.3, -0.25) is 4.98 Å². The Bertz CT molecular complexity index is 472. The quantitative estimate of drug-likeness (QED) is 0.724. The number of urea groups is 1. The van der Waals surface area contributed by atoms with Gasteiger partial charge in [0.15, 0.2) is 0 Å². The molecule has 2 unspecified atom stereocenters. The van der Waals surface area contributed by atoms with E-state index >= 15 is 0 Å². The Hall–Kier alpha value is -1.62. The van der Waals surface area contributed by atoms with Gasteiger partial charge in [-0.15, -0.1) is 0 Å². The van der Waals surface area contributed by atoms with Gasteiger partial charge in [0.1, 0.15) is 0 Å². The van der Waals surface area contributed by atoms with Gasteiger partial charge in [0.05, 0.1) is 5.60 Å². The number of aromatic nitrogens is 1. The van der Waals surface area contributed by atoms with Crippen LogP contribution in [0.4, 0.5) is 4.79 Å². The van der Waals surface area contributed by atoms with Gasteiger partial charge in [0, 0.05) is 30.9 Å². The number of pyridine rings is 1. The Morgan fingerprint density at radius 3 is 2.32 bits per heavy atom. The minimum atomic E-state index is -0.896. The molecule has 0 radical (unpaired) electrons. The Morgan fingerprint density at radius 1 is 1.23 bits per heavy atom. The molecule has 5 heteroatoms. The lowest BCUT2D eigenvalue weighted by atomic mass is 9.85. The molecular formula is C17H29N3O2. The molecule has 0 bridgehead atoms. The molecule has 1 aromatic rings. The van der Waals surface area contributed by atoms with E-state index in [1.165, 1.54) is 0 Å². The lowest BCUT2D eigenvalue weighted by Gasteiger charge is -2.30. The van der Waals surface area contributed by atoms with Crippen molar-refractivity contribution in [2.24, 2.45) is 5.92 Å². The maximum absolute atomic E-state index is 11.9. The number of carbonyl (C=O) groups is 1. The van der Waals surface area contributed by atoms with E-state index < -0.39 is 5.60 Å². The molecular weight excluding hydrogens is 278 g/mol. The predicted octanol–water partition coefficient (Wildman–Crippen LogP) is 2.46. The zero-order valence-corrected chi connectivity index (χ0v) is 14.3. The summed E-state index contributed by atoms with van der Waals surface area (Å²) >= 11 is 0. The third kappa shape index (κ3) is 5.30. The van der Waals surface area contributed by atoms with Crippen molar-refractivity contribution < 1.29 is 9.90 Å². The first-order valence-electron chi connectivity index (χ1n) is 7.83. The Balaban J connectivity index is 2.46. The van der Waals surface area contributed by atoms with Gasteiger partial charge in [-0.25, -0.2) is 4.79 Å². The van der Waals surface area contributed by atoms with Crippen molar-refractivity contribution in [1.29, 1.82) is 0 Å². The summed E-state index contributed by atoms with van der Waals surface area (Å²) in [6.45, 7) is 10.6. The molecule has 5 nitrogen and oxygen atoms in total. The maximum Gasteiger partial charge on any atom is 0.314 e. The van der Waals surface area contributed by atoms with Crippen molar-refractivity contribution >= 4 is 6.03 Å². The Kier molecular flexibility index (Phi) is 6.35. The Morgan fingerprint density at radius 2 is 1.77 bits per heavy atom. The van der Waals surface area contributed by atoms with Crippen LogP contribution in [0.3, 0.4) is 0 Å². The Labute approximate surface area is 133 Å². The summed E-state index contributed by atoms with van der Waals surface area (Å²) in [5.74, 6) is 0.126. The van der Waals surface area contributed by atoms with Crippen molar-refractivity contribution in [3.63, 3.8) is 0 Å². The topological polar surface area (TPSA) is 74.2 Å². The van der Waals surface area contributed by atoms with Gasteiger partial charge in [0.25, 0.3) is 0 Å². The molecule has 0 spiro atoms. The van der Waals surface area contributed by atoms with E-state index in [-0.39, 0.29) is 23.9 Å². The number of nitrogens with one attached hydrogen (secondary N) is 2. The minimum absolute atomic E-state index is 0.126. The van der Waals surface area contributed by atoms with Crippen molar-refractivity contribution in [2.45, 2.75) is 52.1 Å². The number of amides is 2. The molecule has 0 fully saturated rings. The largest absolute Gasteiger partial charge is 0.388 e. The van der Waals surface area contributed by atoms with E-state index in [4.69, 9.17) is 0 Å². The van der Waals surface area contributed by atoms with E-state index in [0.29, 0.717) is 6.54 Å². The normalized spacial score (nSPS) is 15.7. The van der Waals surface area contributed by atoms with Crippen molar-refractivity contribution in [1.82, 2.24) is 15.6 Å². The lowest BCUT2D eigenvalue weighted by molar-refractivity contribution is 0.00789. The molecule has 1 heterocycles. The fourth-order valence-corrected chi connectivity index (χ4v) is 2.14. The van der Waals surface area contributed by atoms with Gasteiger partial charge < -0.3 is 15.7 Å². The highest BCUT2D eigenvalue weighted by Crippen LogP contribution is 2.21. The molecule has 0 aliphatic heterocycles. The van der Waals surface area contributed by atoms with E-state index in [0.717, 1.165) is 12.0 Å². The first-order valence-corrected chi connectivity index (χ1v) is 7.83. The van der Waals surface area contributed by atoms with Gasteiger partial charge in [-0.1, -0.05) is 34.1 Å². The number of nitrogens with zero attached hydrogens (tertiary/aromatic N) is 1. The number of rotatable bonds is 7. The predicted molar refractivity (Wildman–Crippen MR) is 88.7 cm³/mol. The van der Waals surface area contributed by atoms with E-state index in [9.17, 15) is 9.90 Å². The maximum atomic E-state index is 11.9. The molecule has 0 aliphatic carbocycles. The molecule has 22 heavy (non-hydrogen) atoms. The molecule has 2 amide bonds. The molecule has 3 N–H and O–H groups in total. The van der Waals surface area contributed by atoms with Crippen LogP contribution in [0.2, 0.25) is 0 Å². The molecule has 0 saturated heterocycles. The van der Waals surface area contributed by atoms with Gasteiger partial charge >= 0.3 is 6.03 Å². The zero-order valence-electron chi connectivity index (χ0n) is 14.3. The smallest absolute Gasteiger partial charge is 0.314 e. The van der Waals surface area contributed by atoms with Gasteiger partial charge in [-0.2, -0.15) is 0 Å². The number of aliphatic hydroxyl groups is 1. The van der Waals surface area contributed by atoms with Crippen molar-refractivity contribution in [3.05, 3.63) is 30.1 Å². The fourth-order valence-electron chi connectivity index (χ4n) is 2.14. The van der Waals surface area contributed by atoms with Crippen LogP contribution < -0.4 is 10.6 Å². The second-order valence-corrected chi connectivity index (χ2v) is 6.82. The lowest BCUT2D eigenvalue weighted by Crippen LogP contribution is -2.49. The van der Waals surface area contributed by atoms with E-state index in [2.05, 4.69) is 29.5 Å². The first kappa shape index (κ1) is 18.4. The second kappa shape index (κ2) is 7.58. The van der Waals surface area contributed by atoms with Gasteiger partial charge in [0.2, 0.25) is 0 Å². The molecule has 1 rings (SSSR count). The molecule has 0 saturated carbocycles. The van der Waals surface area contributed by atoms with E-state index in [1.54, 1.807) is 19.3 Å². The molecule has 0 aliphatic rings. The summed E-state index contributed by atoms with van der Waals surface area (Å²) < 4.78 is 0. The number of carbonyl (C=O) groups excluding carboxylic acids is 1. The third-order valence-corrected chi connectivity index (χ3v) is 4.43. The fraction of sp³-hybridized carbons (Fsp3) is 0.647. The molecule has 2 atom stereocenters. The standard InChI is InChI=1S/C17H29N3O2/c1-6-13(2)17(5,22)12-20-15(21)19-11-16(3,4)14-7-9-18-10-8-14/h7-10,13,22H,6,11-12H2,1-5H3,(H2,19,20,21). The monoisotopic (exact) mass is 307 g/mol. The summed E-state index contributed by atoms with van der Waals surface area (Å²) in [6.07, 6.45) is 4.37. The summed E-state index contributed by atoms with van der Waals surface area (Å²) in [7, 11) is 0. The highest BCUT2D eigenvalue weighted by molar-refractivity contribution is 5.74. The minimum Gasteiger partial charge on any atom is -0.388 e. The van der Waals surface area contributed by atoms with Crippen LogP contribution in [0.15, 0.2) is 24.5 Å². The average molecular weight is 307 g/mol. The van der Waals surface area contributed by atoms with Crippen LogP contribution in [0.25, 0.3) is 0 Å². The van der Waals surface area contributed by atoms with Gasteiger partial charge in [-0.05, 0) is 30.5 Å². The second-order valence-electron chi connectivity index (χ2n) is 6.82. The SMILES string of the molecule is CCC(C)C(C)(O)CNC(=O)NCC(C)(C)c1ccncc1. The molecule has 1 aromatic heterocycles. The van der Waals surface area contributed by atoms with Crippen LogP contribution in [0, 0.1) is 5.92 Å². The molecule has 124 valence electrons. The van der Waals surface area contributed by atoms with Crippen molar-refractivity contribution in [3.8, 4) is 0 Å². The first-order chi connectivity index (χ1) is 10.2. The summed E-state index contributed by atoms with van der Waals surface area (Å²) in [5, 5.41) is 15.9. The average Bonchev–Trinajstić information content (AvgIpc) is 2.51. The van der Waals surface area contributed by atoms with Crippen LogP contribution in [-0.2, 0) is 5.41 Å². The third-order valence-electron chi connectivity index (χ3n) is 4.43. The number of hydrogen-bond donors (Lipinski definition) is 3. The van der Waals surface area contributed by atoms with E-state index in [1.807, 2.05) is 26.0 Å². The zero-order chi connectivity index (χ0) is 16.8. The summed E-state index contributed by atoms with van der Waals surface area (Å²) in [5.41, 5.74) is 0.0426. The highest BCUT2D eigenvalue weighted by Gasteiger charge is 2.28. The number of hydrogen-bond acceptors (Lipinski definition) is 3. The summed E-state index contributed by atoms with van der Waals surface area (Å²) in [4.78, 5) is 15.9.